The van der Waals surface area contributed by atoms with E-state index >= 15 is 0 Å². The highest BCUT2D eigenvalue weighted by atomic mass is 32.2. The van der Waals surface area contributed by atoms with Gasteiger partial charge in [-0.1, -0.05) is 6.07 Å². The summed E-state index contributed by atoms with van der Waals surface area (Å²) in [4.78, 5) is 15.4. The Morgan fingerprint density at radius 3 is 2.94 bits per heavy atom. The summed E-state index contributed by atoms with van der Waals surface area (Å²) < 4.78 is 10.8. The number of carbonyl (C=O) groups is 1. The number of nitrogen functional groups attached to an aromatic ring is 1. The molecule has 88 valence electrons. The summed E-state index contributed by atoms with van der Waals surface area (Å²) in [6.07, 6.45) is 2.33. The Kier molecular flexibility index (Phi) is 4.91. The molecule has 6 heteroatoms. The molecule has 0 radical (unpaired) electrons. The maximum absolute atomic E-state index is 11.5. The summed E-state index contributed by atoms with van der Waals surface area (Å²) in [6, 6.07) is 4.90. The summed E-state index contributed by atoms with van der Waals surface area (Å²) >= 11 is 0. The first-order valence-corrected chi connectivity index (χ1v) is 6.63. The van der Waals surface area contributed by atoms with Gasteiger partial charge in [-0.25, -0.2) is 4.98 Å². The molecule has 1 aromatic rings. The van der Waals surface area contributed by atoms with Crippen molar-refractivity contribution in [2.45, 2.75) is 6.42 Å². The maximum atomic E-state index is 11.5. The number of aromatic nitrogens is 1. The Morgan fingerprint density at radius 2 is 2.31 bits per heavy atom. The lowest BCUT2D eigenvalue weighted by molar-refractivity contribution is 0.0949. The molecule has 5 nitrogen and oxygen atoms in total. The van der Waals surface area contributed by atoms with Crippen molar-refractivity contribution < 1.29 is 9.00 Å². The Bertz CT molecular complexity index is 395. The van der Waals surface area contributed by atoms with Crippen LogP contribution in [0, 0.1) is 0 Å². The van der Waals surface area contributed by atoms with Gasteiger partial charge < -0.3 is 11.1 Å². The first-order valence-electron chi connectivity index (χ1n) is 4.90. The fourth-order valence-corrected chi connectivity index (χ4v) is 1.70. The number of amides is 1. The van der Waals surface area contributed by atoms with Crippen LogP contribution in [-0.2, 0) is 10.8 Å². The molecule has 1 aromatic heterocycles. The van der Waals surface area contributed by atoms with Crippen molar-refractivity contribution in [3.63, 3.8) is 0 Å². The third-order valence-electron chi connectivity index (χ3n) is 1.90. The standard InChI is InChI=1S/C10H15N3O2S/c1-16(15)7-3-6-12-10(14)8-4-2-5-9(11)13-8/h2,4-5H,3,6-7H2,1H3,(H2,11,13)(H,12,14). The van der Waals surface area contributed by atoms with E-state index in [1.54, 1.807) is 24.5 Å². The molecule has 0 aliphatic carbocycles. The highest BCUT2D eigenvalue weighted by Crippen LogP contribution is 1.99. The lowest BCUT2D eigenvalue weighted by atomic mass is 10.3. The maximum Gasteiger partial charge on any atom is 0.269 e. The van der Waals surface area contributed by atoms with Crippen LogP contribution in [0.3, 0.4) is 0 Å². The Hall–Kier alpha value is -1.43. The minimum Gasteiger partial charge on any atom is -0.384 e. The molecule has 1 heterocycles. The molecular weight excluding hydrogens is 226 g/mol. The molecule has 0 aliphatic heterocycles. The third-order valence-corrected chi connectivity index (χ3v) is 2.76. The smallest absolute Gasteiger partial charge is 0.269 e. The summed E-state index contributed by atoms with van der Waals surface area (Å²) in [7, 11) is -0.815. The molecule has 0 saturated heterocycles. The van der Waals surface area contributed by atoms with Crippen LogP contribution >= 0.6 is 0 Å². The Morgan fingerprint density at radius 1 is 1.56 bits per heavy atom. The Balaban J connectivity index is 2.38. The van der Waals surface area contributed by atoms with E-state index in [-0.39, 0.29) is 5.91 Å². The number of hydrogen-bond donors (Lipinski definition) is 2. The van der Waals surface area contributed by atoms with Crippen molar-refractivity contribution in [1.82, 2.24) is 10.3 Å². The average Bonchev–Trinajstić information content (AvgIpc) is 2.24. The highest BCUT2D eigenvalue weighted by Gasteiger charge is 2.06. The topological polar surface area (TPSA) is 85.1 Å². The van der Waals surface area contributed by atoms with E-state index in [0.717, 1.165) is 0 Å². The van der Waals surface area contributed by atoms with Crippen LogP contribution in [0.25, 0.3) is 0 Å². The predicted octanol–water partition coefficient (Wildman–Crippen LogP) is 0.162. The number of hydrogen-bond acceptors (Lipinski definition) is 4. The third kappa shape index (κ3) is 4.39. The molecule has 1 atom stereocenters. The normalized spacial score (nSPS) is 12.1. The molecule has 0 spiro atoms. The minimum absolute atomic E-state index is 0.255. The van der Waals surface area contributed by atoms with E-state index in [1.807, 2.05) is 0 Å². The van der Waals surface area contributed by atoms with Crippen molar-refractivity contribution >= 4 is 22.5 Å². The molecule has 16 heavy (non-hydrogen) atoms. The molecule has 0 saturated carbocycles. The number of nitrogens with zero attached hydrogens (tertiary/aromatic N) is 1. The van der Waals surface area contributed by atoms with Crippen molar-refractivity contribution in [3.8, 4) is 0 Å². The number of carbonyl (C=O) groups excluding carboxylic acids is 1. The fraction of sp³-hybridized carbons (Fsp3) is 0.400. The van der Waals surface area contributed by atoms with Crippen LogP contribution < -0.4 is 11.1 Å². The summed E-state index contributed by atoms with van der Waals surface area (Å²) in [5.74, 6) is 0.654. The van der Waals surface area contributed by atoms with E-state index in [9.17, 15) is 9.00 Å². The molecule has 1 unspecified atom stereocenters. The minimum atomic E-state index is -0.815. The molecule has 0 bridgehead atoms. The van der Waals surface area contributed by atoms with Crippen molar-refractivity contribution in [2.24, 2.45) is 0 Å². The quantitative estimate of drug-likeness (QED) is 0.719. The van der Waals surface area contributed by atoms with Gasteiger partial charge in [0, 0.05) is 29.4 Å². The summed E-state index contributed by atoms with van der Waals surface area (Å²) in [6.45, 7) is 0.495. The van der Waals surface area contributed by atoms with Gasteiger partial charge in [0.05, 0.1) is 0 Å². The molecule has 1 rings (SSSR count). The molecule has 0 fully saturated rings. The van der Waals surface area contributed by atoms with Crippen LogP contribution in [0.5, 0.6) is 0 Å². The van der Waals surface area contributed by atoms with Crippen molar-refractivity contribution in [1.29, 1.82) is 0 Å². The van der Waals surface area contributed by atoms with Gasteiger partial charge in [0.2, 0.25) is 0 Å². The van der Waals surface area contributed by atoms with E-state index in [4.69, 9.17) is 5.73 Å². The lowest BCUT2D eigenvalue weighted by Gasteiger charge is -2.04. The van der Waals surface area contributed by atoms with Crippen molar-refractivity contribution in [2.75, 3.05) is 24.3 Å². The van der Waals surface area contributed by atoms with Gasteiger partial charge in [-0.3, -0.25) is 9.00 Å². The number of nitrogens with one attached hydrogen (secondary N) is 1. The number of rotatable bonds is 5. The fourth-order valence-electron chi connectivity index (χ4n) is 1.15. The highest BCUT2D eigenvalue weighted by molar-refractivity contribution is 7.84. The summed E-state index contributed by atoms with van der Waals surface area (Å²) in [5, 5.41) is 2.69. The second-order valence-corrected chi connectivity index (χ2v) is 4.89. The molecular formula is C10H15N3O2S. The molecule has 1 amide bonds. The second-order valence-electron chi connectivity index (χ2n) is 3.33. The first-order chi connectivity index (χ1) is 7.59. The van der Waals surface area contributed by atoms with E-state index in [0.29, 0.717) is 30.2 Å². The SMILES string of the molecule is CS(=O)CCCNC(=O)c1cccc(N)n1. The van der Waals surface area contributed by atoms with Crippen LogP contribution in [0.15, 0.2) is 18.2 Å². The van der Waals surface area contributed by atoms with Crippen LogP contribution in [-0.4, -0.2) is 33.7 Å². The first kappa shape index (κ1) is 12.6. The van der Waals surface area contributed by atoms with E-state index in [2.05, 4.69) is 10.3 Å². The number of pyridine rings is 1. The van der Waals surface area contributed by atoms with Crippen LogP contribution in [0.1, 0.15) is 16.9 Å². The largest absolute Gasteiger partial charge is 0.384 e. The van der Waals surface area contributed by atoms with Gasteiger partial charge in [0.1, 0.15) is 11.5 Å². The lowest BCUT2D eigenvalue weighted by Crippen LogP contribution is -2.26. The van der Waals surface area contributed by atoms with Gasteiger partial charge in [-0.2, -0.15) is 0 Å². The summed E-state index contributed by atoms with van der Waals surface area (Å²) in [5.41, 5.74) is 5.76. The molecule has 3 N–H and O–H groups in total. The van der Waals surface area contributed by atoms with Crippen molar-refractivity contribution in [3.05, 3.63) is 23.9 Å². The zero-order valence-electron chi connectivity index (χ0n) is 9.10. The van der Waals surface area contributed by atoms with Gasteiger partial charge in [0.25, 0.3) is 5.91 Å². The Labute approximate surface area is 96.9 Å². The number of nitrogens with two attached hydrogens (primary N) is 1. The number of anilines is 1. The van der Waals surface area contributed by atoms with Gasteiger partial charge in [-0.15, -0.1) is 0 Å². The van der Waals surface area contributed by atoms with Gasteiger partial charge >= 0.3 is 0 Å². The van der Waals surface area contributed by atoms with E-state index < -0.39 is 10.8 Å². The zero-order chi connectivity index (χ0) is 12.0. The molecule has 0 aromatic carbocycles. The van der Waals surface area contributed by atoms with Crippen LogP contribution in [0.2, 0.25) is 0 Å². The van der Waals surface area contributed by atoms with Gasteiger partial charge in [0.15, 0.2) is 0 Å². The second kappa shape index (κ2) is 6.22. The van der Waals surface area contributed by atoms with Gasteiger partial charge in [-0.05, 0) is 18.6 Å². The van der Waals surface area contributed by atoms with E-state index in [1.165, 1.54) is 0 Å². The monoisotopic (exact) mass is 241 g/mol. The predicted molar refractivity (Wildman–Crippen MR) is 64.5 cm³/mol. The molecule has 0 aliphatic rings. The zero-order valence-corrected chi connectivity index (χ0v) is 9.92. The van der Waals surface area contributed by atoms with Crippen LogP contribution in [0.4, 0.5) is 5.82 Å². The average molecular weight is 241 g/mol.